The van der Waals surface area contributed by atoms with Crippen LogP contribution in [-0.2, 0) is 6.18 Å². The van der Waals surface area contributed by atoms with Crippen LogP contribution in [0.4, 0.5) is 30.7 Å². The van der Waals surface area contributed by atoms with Gasteiger partial charge in [0.25, 0.3) is 0 Å². The highest BCUT2D eigenvalue weighted by molar-refractivity contribution is 5.91. The summed E-state index contributed by atoms with van der Waals surface area (Å²) >= 11 is 0. The highest BCUT2D eigenvalue weighted by Gasteiger charge is 2.37. The molecule has 2 aromatic carbocycles. The van der Waals surface area contributed by atoms with Crippen molar-refractivity contribution in [2.45, 2.75) is 12.5 Å². The number of aromatic carboxylic acids is 1. The van der Waals surface area contributed by atoms with Crippen LogP contribution in [0.1, 0.15) is 15.9 Å². The summed E-state index contributed by atoms with van der Waals surface area (Å²) in [4.78, 5) is 11.2. The van der Waals surface area contributed by atoms with E-state index in [0.717, 1.165) is 25.3 Å². The van der Waals surface area contributed by atoms with Crippen molar-refractivity contribution in [1.29, 1.82) is 0 Å². The first kappa shape index (κ1) is 21.1. The van der Waals surface area contributed by atoms with Crippen LogP contribution in [-0.4, -0.2) is 24.5 Å². The second-order valence-corrected chi connectivity index (χ2v) is 5.07. The Labute approximate surface area is 151 Å². The number of carboxylic acid groups (broad SMARTS) is 1. The van der Waals surface area contributed by atoms with E-state index in [2.05, 4.69) is 4.74 Å². The van der Waals surface area contributed by atoms with Gasteiger partial charge in [0.2, 0.25) is 0 Å². The third-order valence-electron chi connectivity index (χ3n) is 3.21. The van der Waals surface area contributed by atoms with Crippen LogP contribution >= 0.6 is 0 Å². The van der Waals surface area contributed by atoms with Crippen molar-refractivity contribution < 1.29 is 54.8 Å². The predicted octanol–water partition coefficient (Wildman–Crippen LogP) is 5.24. The zero-order valence-electron chi connectivity index (χ0n) is 13.6. The Hall–Kier alpha value is -3.18. The first-order chi connectivity index (χ1) is 12.8. The van der Waals surface area contributed by atoms with Crippen molar-refractivity contribution in [1.82, 2.24) is 0 Å². The fourth-order valence-electron chi connectivity index (χ4n) is 2.11. The summed E-state index contributed by atoms with van der Waals surface area (Å²) in [5, 5.41) is 9.05. The zero-order valence-corrected chi connectivity index (χ0v) is 13.6. The number of benzene rings is 2. The third-order valence-corrected chi connectivity index (χ3v) is 3.21. The van der Waals surface area contributed by atoms with Crippen molar-refractivity contribution >= 4 is 5.97 Å². The van der Waals surface area contributed by atoms with E-state index in [4.69, 9.17) is 14.6 Å². The number of halogens is 7. The van der Waals surface area contributed by atoms with E-state index >= 15 is 0 Å². The molecule has 0 heterocycles. The number of ether oxygens (including phenoxy) is 3. The Morgan fingerprint density at radius 1 is 0.964 bits per heavy atom. The van der Waals surface area contributed by atoms with Gasteiger partial charge in [-0.15, -0.1) is 13.2 Å². The van der Waals surface area contributed by atoms with Gasteiger partial charge < -0.3 is 19.3 Å². The maximum absolute atomic E-state index is 14.1. The quantitative estimate of drug-likeness (QED) is 0.678. The van der Waals surface area contributed by atoms with Gasteiger partial charge in [0, 0.05) is 6.07 Å². The standard InChI is InChI=1S/C16H9F7O5/c1-26-11-6-7(28-16(21,22)23)2-4-9(11)27-10-5-3-8(15(18,19)20)13(17)12(10)14(24)25/h2-6H,1H3,(H,24,25). The molecule has 0 aliphatic rings. The maximum atomic E-state index is 14.1. The smallest absolute Gasteiger partial charge is 0.493 e. The van der Waals surface area contributed by atoms with Crippen LogP contribution in [0, 0.1) is 5.82 Å². The van der Waals surface area contributed by atoms with Gasteiger partial charge in [-0.1, -0.05) is 0 Å². The van der Waals surface area contributed by atoms with Crippen LogP contribution in [0.25, 0.3) is 0 Å². The molecular formula is C16H9F7O5. The average Bonchev–Trinajstić information content (AvgIpc) is 2.53. The number of carbonyl (C=O) groups is 1. The highest BCUT2D eigenvalue weighted by atomic mass is 19.4. The van der Waals surface area contributed by atoms with E-state index in [1.165, 1.54) is 0 Å². The van der Waals surface area contributed by atoms with E-state index in [1.54, 1.807) is 0 Å². The van der Waals surface area contributed by atoms with Crippen molar-refractivity contribution in [3.8, 4) is 23.0 Å². The van der Waals surface area contributed by atoms with Crippen molar-refractivity contribution in [3.05, 3.63) is 47.3 Å². The first-order valence-electron chi connectivity index (χ1n) is 7.08. The van der Waals surface area contributed by atoms with Gasteiger partial charge in [-0.3, -0.25) is 0 Å². The fourth-order valence-corrected chi connectivity index (χ4v) is 2.11. The minimum absolute atomic E-state index is 0.269. The predicted molar refractivity (Wildman–Crippen MR) is 78.1 cm³/mol. The molecule has 0 amide bonds. The van der Waals surface area contributed by atoms with E-state index < -0.39 is 52.7 Å². The minimum atomic E-state index is -5.15. The Morgan fingerprint density at radius 2 is 1.57 bits per heavy atom. The number of carboxylic acids is 1. The molecule has 28 heavy (non-hydrogen) atoms. The Morgan fingerprint density at radius 3 is 2.07 bits per heavy atom. The molecule has 0 fully saturated rings. The van der Waals surface area contributed by atoms with Gasteiger partial charge in [-0.05, 0) is 24.3 Å². The molecule has 0 saturated carbocycles. The Balaban J connectivity index is 2.48. The van der Waals surface area contributed by atoms with Gasteiger partial charge in [-0.2, -0.15) is 13.2 Å². The molecule has 5 nitrogen and oxygen atoms in total. The lowest BCUT2D eigenvalue weighted by Crippen LogP contribution is -2.17. The molecule has 0 aliphatic heterocycles. The molecule has 0 unspecified atom stereocenters. The topological polar surface area (TPSA) is 65.0 Å². The Bertz CT molecular complexity index is 890. The molecule has 12 heteroatoms. The molecule has 0 saturated heterocycles. The molecule has 1 N–H and O–H groups in total. The molecule has 0 aliphatic carbocycles. The second-order valence-electron chi connectivity index (χ2n) is 5.07. The van der Waals surface area contributed by atoms with E-state index in [0.29, 0.717) is 6.07 Å². The summed E-state index contributed by atoms with van der Waals surface area (Å²) in [5.41, 5.74) is -3.23. The lowest BCUT2D eigenvalue weighted by molar-refractivity contribution is -0.274. The fraction of sp³-hybridized carbons (Fsp3) is 0.188. The van der Waals surface area contributed by atoms with Crippen molar-refractivity contribution in [3.63, 3.8) is 0 Å². The molecule has 0 bridgehead atoms. The van der Waals surface area contributed by atoms with Gasteiger partial charge in [0.05, 0.1) is 12.7 Å². The van der Waals surface area contributed by atoms with Crippen LogP contribution in [0.5, 0.6) is 23.0 Å². The summed E-state index contributed by atoms with van der Waals surface area (Å²) in [6, 6.07) is 3.23. The number of methoxy groups -OCH3 is 1. The SMILES string of the molecule is COc1cc(OC(F)(F)F)ccc1Oc1ccc(C(F)(F)F)c(F)c1C(=O)O. The summed E-state index contributed by atoms with van der Waals surface area (Å²) < 4.78 is 103. The summed E-state index contributed by atoms with van der Waals surface area (Å²) in [6.45, 7) is 0. The van der Waals surface area contributed by atoms with Crippen LogP contribution in [0.3, 0.4) is 0 Å². The van der Waals surface area contributed by atoms with Crippen LogP contribution in [0.15, 0.2) is 30.3 Å². The van der Waals surface area contributed by atoms with Crippen molar-refractivity contribution in [2.24, 2.45) is 0 Å². The van der Waals surface area contributed by atoms with Gasteiger partial charge in [0.15, 0.2) is 17.3 Å². The number of rotatable bonds is 5. The van der Waals surface area contributed by atoms with Gasteiger partial charge in [0.1, 0.15) is 17.1 Å². The number of hydrogen-bond acceptors (Lipinski definition) is 4. The van der Waals surface area contributed by atoms with Crippen LogP contribution in [0.2, 0.25) is 0 Å². The zero-order chi connectivity index (χ0) is 21.3. The number of hydrogen-bond donors (Lipinski definition) is 1. The van der Waals surface area contributed by atoms with E-state index in [1.807, 2.05) is 0 Å². The molecule has 2 rings (SSSR count). The molecule has 152 valence electrons. The largest absolute Gasteiger partial charge is 0.573 e. The molecule has 0 aromatic heterocycles. The average molecular weight is 414 g/mol. The van der Waals surface area contributed by atoms with E-state index in [9.17, 15) is 35.5 Å². The maximum Gasteiger partial charge on any atom is 0.573 e. The highest BCUT2D eigenvalue weighted by Crippen LogP contribution is 2.40. The third kappa shape index (κ3) is 4.75. The lowest BCUT2D eigenvalue weighted by atomic mass is 10.1. The molecule has 0 spiro atoms. The van der Waals surface area contributed by atoms with Crippen molar-refractivity contribution in [2.75, 3.05) is 7.11 Å². The summed E-state index contributed by atoms with van der Waals surface area (Å²) in [6.07, 6.45) is -10.2. The lowest BCUT2D eigenvalue weighted by Gasteiger charge is -2.16. The molecule has 0 atom stereocenters. The number of alkyl halides is 6. The van der Waals surface area contributed by atoms with Crippen LogP contribution < -0.4 is 14.2 Å². The van der Waals surface area contributed by atoms with E-state index in [-0.39, 0.29) is 11.8 Å². The van der Waals surface area contributed by atoms with Gasteiger partial charge >= 0.3 is 18.5 Å². The summed E-state index contributed by atoms with van der Waals surface area (Å²) in [7, 11) is 1.03. The minimum Gasteiger partial charge on any atom is -0.493 e. The second kappa shape index (κ2) is 7.44. The van der Waals surface area contributed by atoms with Gasteiger partial charge in [-0.25, -0.2) is 9.18 Å². The molecule has 2 aromatic rings. The monoisotopic (exact) mass is 414 g/mol. The summed E-state index contributed by atoms with van der Waals surface area (Å²) in [5.74, 6) is -6.41. The molecule has 0 radical (unpaired) electrons. The first-order valence-corrected chi connectivity index (χ1v) is 7.08. The Kier molecular flexibility index (Phi) is 5.62. The normalized spacial score (nSPS) is 11.9. The molecular weight excluding hydrogens is 405 g/mol.